The number of rotatable bonds is 4. The number of benzene rings is 2. The minimum atomic E-state index is -0.989. The molecule has 0 aromatic heterocycles. The Morgan fingerprint density at radius 2 is 1.84 bits per heavy atom. The van der Waals surface area contributed by atoms with Crippen molar-refractivity contribution in [3.8, 4) is 11.5 Å². The largest absolute Gasteiger partial charge is 0.486 e. The molecule has 6 nitrogen and oxygen atoms in total. The van der Waals surface area contributed by atoms with Crippen LogP contribution >= 0.6 is 11.6 Å². The first kappa shape index (κ1) is 17.1. The number of carbonyl (C=O) groups is 2. The van der Waals surface area contributed by atoms with Crippen molar-refractivity contribution in [2.45, 2.75) is 13.0 Å². The van der Waals surface area contributed by atoms with E-state index in [-0.39, 0.29) is 5.56 Å². The van der Waals surface area contributed by atoms with Crippen LogP contribution in [0.25, 0.3) is 0 Å². The molecule has 0 fully saturated rings. The molecule has 0 aliphatic carbocycles. The van der Waals surface area contributed by atoms with E-state index in [0.717, 1.165) is 0 Å². The number of halogens is 1. The molecule has 1 aliphatic heterocycles. The van der Waals surface area contributed by atoms with E-state index in [9.17, 15) is 9.59 Å². The number of esters is 1. The Kier molecular flexibility index (Phi) is 5.09. The summed E-state index contributed by atoms with van der Waals surface area (Å²) in [5, 5.41) is 3.03. The summed E-state index contributed by atoms with van der Waals surface area (Å²) in [4.78, 5) is 24.4. The lowest BCUT2D eigenvalue weighted by Gasteiger charge is -2.19. The van der Waals surface area contributed by atoms with Crippen molar-refractivity contribution in [1.82, 2.24) is 0 Å². The smallest absolute Gasteiger partial charge is 0.339 e. The molecule has 2 aromatic carbocycles. The zero-order valence-corrected chi connectivity index (χ0v) is 14.2. The minimum Gasteiger partial charge on any atom is -0.486 e. The molecule has 1 heterocycles. The van der Waals surface area contributed by atoms with Gasteiger partial charge in [0.2, 0.25) is 0 Å². The van der Waals surface area contributed by atoms with Crippen LogP contribution < -0.4 is 14.8 Å². The molecule has 0 saturated heterocycles. The van der Waals surface area contributed by atoms with E-state index in [4.69, 9.17) is 25.8 Å². The first-order chi connectivity index (χ1) is 12.0. The number of carbonyl (C=O) groups excluding carboxylic acids is 2. The highest BCUT2D eigenvalue weighted by atomic mass is 35.5. The van der Waals surface area contributed by atoms with Crippen molar-refractivity contribution >= 4 is 29.2 Å². The molecular weight excluding hydrogens is 346 g/mol. The molecule has 7 heteroatoms. The molecule has 0 bridgehead atoms. The van der Waals surface area contributed by atoms with Gasteiger partial charge in [0, 0.05) is 0 Å². The number of hydrogen-bond acceptors (Lipinski definition) is 5. The van der Waals surface area contributed by atoms with E-state index >= 15 is 0 Å². The Morgan fingerprint density at radius 1 is 1.12 bits per heavy atom. The van der Waals surface area contributed by atoms with Gasteiger partial charge in [0.05, 0.1) is 16.3 Å². The van der Waals surface area contributed by atoms with Crippen molar-refractivity contribution in [1.29, 1.82) is 0 Å². The third-order valence-electron chi connectivity index (χ3n) is 3.56. The number of fused-ring (bicyclic) bond motifs is 1. The third-order valence-corrected chi connectivity index (χ3v) is 3.89. The highest BCUT2D eigenvalue weighted by molar-refractivity contribution is 6.33. The number of para-hydroxylation sites is 1. The van der Waals surface area contributed by atoms with Gasteiger partial charge in [-0.3, -0.25) is 4.79 Å². The van der Waals surface area contributed by atoms with E-state index < -0.39 is 18.0 Å². The average Bonchev–Trinajstić information content (AvgIpc) is 2.63. The van der Waals surface area contributed by atoms with Gasteiger partial charge < -0.3 is 19.5 Å². The van der Waals surface area contributed by atoms with Gasteiger partial charge in [-0.25, -0.2) is 4.79 Å². The molecule has 1 atom stereocenters. The minimum absolute atomic E-state index is 0.279. The topological polar surface area (TPSA) is 73.9 Å². The molecule has 2 aromatic rings. The van der Waals surface area contributed by atoms with Gasteiger partial charge in [0.15, 0.2) is 17.6 Å². The number of hydrogen-bond donors (Lipinski definition) is 1. The van der Waals surface area contributed by atoms with E-state index in [2.05, 4.69) is 5.32 Å². The molecule has 0 spiro atoms. The second kappa shape index (κ2) is 7.44. The van der Waals surface area contributed by atoms with Gasteiger partial charge in [-0.2, -0.15) is 0 Å². The summed E-state index contributed by atoms with van der Waals surface area (Å²) >= 11 is 5.99. The van der Waals surface area contributed by atoms with Crippen LogP contribution in [0, 0.1) is 0 Å². The Hall–Kier alpha value is -2.73. The van der Waals surface area contributed by atoms with Crippen molar-refractivity contribution in [3.63, 3.8) is 0 Å². The van der Waals surface area contributed by atoms with Crippen molar-refractivity contribution in [2.24, 2.45) is 0 Å². The zero-order valence-electron chi connectivity index (χ0n) is 13.5. The SMILES string of the molecule is CC(OC(=O)c1ccc2c(c1)OCCO2)C(=O)Nc1ccccc1Cl. The highest BCUT2D eigenvalue weighted by Gasteiger charge is 2.21. The fourth-order valence-corrected chi connectivity index (χ4v) is 2.43. The lowest BCUT2D eigenvalue weighted by Crippen LogP contribution is -2.30. The zero-order chi connectivity index (χ0) is 17.8. The summed E-state index contributed by atoms with van der Waals surface area (Å²) in [5.41, 5.74) is 0.734. The van der Waals surface area contributed by atoms with Crippen LogP contribution in [0.1, 0.15) is 17.3 Å². The van der Waals surface area contributed by atoms with E-state index in [1.807, 2.05) is 0 Å². The second-order valence-electron chi connectivity index (χ2n) is 5.38. The van der Waals surface area contributed by atoms with E-state index in [0.29, 0.717) is 35.4 Å². The maximum Gasteiger partial charge on any atom is 0.339 e. The molecule has 25 heavy (non-hydrogen) atoms. The summed E-state index contributed by atoms with van der Waals surface area (Å²) in [6.45, 7) is 2.38. The predicted octanol–water partition coefficient (Wildman–Crippen LogP) is 3.30. The molecule has 130 valence electrons. The van der Waals surface area contributed by atoms with Crippen LogP contribution in [0.15, 0.2) is 42.5 Å². The van der Waals surface area contributed by atoms with Gasteiger partial charge in [-0.05, 0) is 37.3 Å². The molecular formula is C18H16ClNO5. The molecule has 0 saturated carbocycles. The molecule has 3 rings (SSSR count). The van der Waals surface area contributed by atoms with E-state index in [1.165, 1.54) is 13.0 Å². The Bertz CT molecular complexity index is 808. The van der Waals surface area contributed by atoms with Gasteiger partial charge >= 0.3 is 5.97 Å². The number of amides is 1. The summed E-state index contributed by atoms with van der Waals surface area (Å²) < 4.78 is 16.0. The van der Waals surface area contributed by atoms with Crippen LogP contribution in [-0.2, 0) is 9.53 Å². The van der Waals surface area contributed by atoms with Crippen LogP contribution in [0.4, 0.5) is 5.69 Å². The number of ether oxygens (including phenoxy) is 3. The Labute approximate surface area is 149 Å². The second-order valence-corrected chi connectivity index (χ2v) is 5.78. The van der Waals surface area contributed by atoms with Gasteiger partial charge in [0.25, 0.3) is 5.91 Å². The normalized spacial score (nSPS) is 13.7. The lowest BCUT2D eigenvalue weighted by atomic mass is 10.2. The fraction of sp³-hybridized carbons (Fsp3) is 0.222. The summed E-state index contributed by atoms with van der Waals surface area (Å²) in [6.07, 6.45) is -0.989. The first-order valence-corrected chi connectivity index (χ1v) is 8.08. The number of nitrogens with one attached hydrogen (secondary N) is 1. The molecule has 1 N–H and O–H groups in total. The van der Waals surface area contributed by atoms with Crippen LogP contribution in [0.3, 0.4) is 0 Å². The first-order valence-electron chi connectivity index (χ1n) is 7.70. The quantitative estimate of drug-likeness (QED) is 0.846. The van der Waals surface area contributed by atoms with Gasteiger partial charge in [-0.15, -0.1) is 0 Å². The summed E-state index contributed by atoms with van der Waals surface area (Å²) in [6, 6.07) is 11.6. The predicted molar refractivity (Wildman–Crippen MR) is 92.4 cm³/mol. The molecule has 0 radical (unpaired) electrons. The standard InChI is InChI=1S/C18H16ClNO5/c1-11(17(21)20-14-5-3-2-4-13(14)19)25-18(22)12-6-7-15-16(10-12)24-9-8-23-15/h2-7,10-11H,8-9H2,1H3,(H,20,21). The van der Waals surface area contributed by atoms with Crippen molar-refractivity contribution < 1.29 is 23.8 Å². The number of anilines is 1. The highest BCUT2D eigenvalue weighted by Crippen LogP contribution is 2.31. The van der Waals surface area contributed by atoms with Crippen molar-refractivity contribution in [3.05, 3.63) is 53.1 Å². The maximum absolute atomic E-state index is 12.2. The third kappa shape index (κ3) is 4.03. The lowest BCUT2D eigenvalue weighted by molar-refractivity contribution is -0.123. The maximum atomic E-state index is 12.2. The average molecular weight is 362 g/mol. The van der Waals surface area contributed by atoms with Crippen LogP contribution in [0.2, 0.25) is 5.02 Å². The van der Waals surface area contributed by atoms with Gasteiger partial charge in [-0.1, -0.05) is 23.7 Å². The van der Waals surface area contributed by atoms with E-state index in [1.54, 1.807) is 36.4 Å². The monoisotopic (exact) mass is 361 g/mol. The molecule has 1 unspecified atom stereocenters. The van der Waals surface area contributed by atoms with Crippen LogP contribution in [-0.4, -0.2) is 31.2 Å². The van der Waals surface area contributed by atoms with Gasteiger partial charge in [0.1, 0.15) is 13.2 Å². The Balaban J connectivity index is 1.64. The molecule has 1 amide bonds. The summed E-state index contributed by atoms with van der Waals surface area (Å²) in [5.74, 6) is -0.0426. The van der Waals surface area contributed by atoms with Crippen LogP contribution in [0.5, 0.6) is 11.5 Å². The Morgan fingerprint density at radius 3 is 2.60 bits per heavy atom. The summed E-state index contributed by atoms with van der Waals surface area (Å²) in [7, 11) is 0. The van der Waals surface area contributed by atoms with Crippen molar-refractivity contribution in [2.75, 3.05) is 18.5 Å². The molecule has 1 aliphatic rings. The fourth-order valence-electron chi connectivity index (χ4n) is 2.25.